The number of nitrogen functional groups attached to an aromatic ring is 1. The Balaban J connectivity index is 2.25. The van der Waals surface area contributed by atoms with Crippen molar-refractivity contribution < 1.29 is 0 Å². The Hall–Kier alpha value is -1.78. The van der Waals surface area contributed by atoms with Crippen LogP contribution in [0.15, 0.2) is 30.3 Å². The van der Waals surface area contributed by atoms with Crippen molar-refractivity contribution in [3.63, 3.8) is 0 Å². The molecule has 2 aromatic heterocycles. The molecular weight excluding hydrogens is 302 g/mol. The maximum atomic E-state index is 6.23. The molecule has 0 fully saturated rings. The van der Waals surface area contributed by atoms with E-state index in [0.29, 0.717) is 10.8 Å². The lowest BCUT2D eigenvalue weighted by atomic mass is 10.0. The second kappa shape index (κ2) is 5.20. The fourth-order valence-corrected chi connectivity index (χ4v) is 3.54. The smallest absolute Gasteiger partial charge is 0.129 e. The van der Waals surface area contributed by atoms with Crippen molar-refractivity contribution in [2.75, 3.05) is 5.73 Å². The summed E-state index contributed by atoms with van der Waals surface area (Å²) in [4.78, 5) is 2.43. The van der Waals surface area contributed by atoms with Crippen LogP contribution in [0.1, 0.15) is 10.4 Å². The first-order valence-electron chi connectivity index (χ1n) is 6.63. The molecule has 0 unspecified atom stereocenters. The summed E-state index contributed by atoms with van der Waals surface area (Å²) in [6.07, 6.45) is 0. The lowest BCUT2D eigenvalue weighted by Crippen LogP contribution is -1.97. The van der Waals surface area contributed by atoms with Gasteiger partial charge in [0.25, 0.3) is 0 Å². The summed E-state index contributed by atoms with van der Waals surface area (Å²) in [6, 6.07) is 9.88. The van der Waals surface area contributed by atoms with E-state index >= 15 is 0 Å². The lowest BCUT2D eigenvalue weighted by Gasteiger charge is -2.03. The van der Waals surface area contributed by atoms with Gasteiger partial charge in [-0.3, -0.25) is 4.68 Å². The van der Waals surface area contributed by atoms with Crippen LogP contribution in [0.2, 0.25) is 5.02 Å². The van der Waals surface area contributed by atoms with Crippen LogP contribution in [0, 0.1) is 13.8 Å². The van der Waals surface area contributed by atoms with Crippen molar-refractivity contribution in [2.24, 2.45) is 7.05 Å². The summed E-state index contributed by atoms with van der Waals surface area (Å²) in [7, 11) is 1.86. The van der Waals surface area contributed by atoms with Gasteiger partial charge in [0.05, 0.1) is 10.4 Å². The fourth-order valence-electron chi connectivity index (χ4n) is 2.33. The second-order valence-electron chi connectivity index (χ2n) is 5.09. The van der Waals surface area contributed by atoms with Crippen LogP contribution in [-0.2, 0) is 7.05 Å². The summed E-state index contributed by atoms with van der Waals surface area (Å²) in [5.41, 5.74) is 10.4. The predicted octanol–water partition coefficient (Wildman–Crippen LogP) is 4.67. The number of halogens is 1. The van der Waals surface area contributed by atoms with Crippen LogP contribution >= 0.6 is 22.9 Å². The summed E-state index contributed by atoms with van der Waals surface area (Å²) < 4.78 is 1.72. The van der Waals surface area contributed by atoms with Gasteiger partial charge in [-0.2, -0.15) is 5.10 Å². The molecule has 0 atom stereocenters. The molecule has 0 saturated heterocycles. The van der Waals surface area contributed by atoms with Crippen molar-refractivity contribution in [1.29, 1.82) is 0 Å². The molecule has 21 heavy (non-hydrogen) atoms. The largest absolute Gasteiger partial charge is 0.383 e. The van der Waals surface area contributed by atoms with E-state index in [4.69, 9.17) is 17.3 Å². The number of anilines is 1. The molecule has 5 heteroatoms. The Morgan fingerprint density at radius 3 is 2.62 bits per heavy atom. The number of rotatable bonds is 2. The molecule has 0 radical (unpaired) electrons. The average Bonchev–Trinajstić information content (AvgIpc) is 2.91. The minimum Gasteiger partial charge on any atom is -0.383 e. The molecule has 0 bridgehead atoms. The third kappa shape index (κ3) is 2.45. The van der Waals surface area contributed by atoms with Gasteiger partial charge in [-0.1, -0.05) is 23.7 Å². The van der Waals surface area contributed by atoms with E-state index in [2.05, 4.69) is 25.0 Å². The molecule has 0 aliphatic heterocycles. The third-order valence-corrected chi connectivity index (χ3v) is 5.00. The Morgan fingerprint density at radius 2 is 2.00 bits per heavy atom. The quantitative estimate of drug-likeness (QED) is 0.746. The van der Waals surface area contributed by atoms with Crippen LogP contribution in [-0.4, -0.2) is 9.78 Å². The highest BCUT2D eigenvalue weighted by Gasteiger charge is 2.19. The van der Waals surface area contributed by atoms with Gasteiger partial charge < -0.3 is 5.73 Å². The standard InChI is InChI=1S/C16H16ClN3S/c1-9-7-13(21-10(9)2)15-14(16(18)20(3)19-15)11-5-4-6-12(17)8-11/h4-8H,18H2,1-3H3. The van der Waals surface area contributed by atoms with E-state index in [-0.39, 0.29) is 0 Å². The first-order chi connectivity index (χ1) is 9.97. The predicted molar refractivity (Wildman–Crippen MR) is 90.9 cm³/mol. The minimum atomic E-state index is 0.649. The van der Waals surface area contributed by atoms with Gasteiger partial charge in [0, 0.05) is 16.9 Å². The maximum Gasteiger partial charge on any atom is 0.129 e. The van der Waals surface area contributed by atoms with Crippen LogP contribution in [0.4, 0.5) is 5.82 Å². The SMILES string of the molecule is Cc1cc(-c2nn(C)c(N)c2-c2cccc(Cl)c2)sc1C. The lowest BCUT2D eigenvalue weighted by molar-refractivity contribution is 0.783. The highest BCUT2D eigenvalue weighted by Crippen LogP contribution is 2.40. The maximum absolute atomic E-state index is 6.23. The van der Waals surface area contributed by atoms with Gasteiger partial charge in [-0.15, -0.1) is 11.3 Å². The van der Waals surface area contributed by atoms with E-state index in [1.165, 1.54) is 10.4 Å². The molecule has 0 amide bonds. The van der Waals surface area contributed by atoms with E-state index in [1.54, 1.807) is 16.0 Å². The monoisotopic (exact) mass is 317 g/mol. The molecule has 3 nitrogen and oxygen atoms in total. The molecule has 0 spiro atoms. The Bertz CT molecular complexity index is 798. The number of nitrogens with two attached hydrogens (primary N) is 1. The molecule has 3 aromatic rings. The number of hydrogen-bond donors (Lipinski definition) is 1. The van der Waals surface area contributed by atoms with Crippen molar-refractivity contribution in [2.45, 2.75) is 13.8 Å². The number of aromatic nitrogens is 2. The van der Waals surface area contributed by atoms with Crippen molar-refractivity contribution >= 4 is 28.8 Å². The molecule has 108 valence electrons. The van der Waals surface area contributed by atoms with E-state index in [0.717, 1.165) is 21.7 Å². The van der Waals surface area contributed by atoms with Crippen molar-refractivity contribution in [1.82, 2.24) is 9.78 Å². The first kappa shape index (κ1) is 14.2. The van der Waals surface area contributed by atoms with E-state index < -0.39 is 0 Å². The summed E-state index contributed by atoms with van der Waals surface area (Å²) in [5.74, 6) is 0.649. The number of aryl methyl sites for hydroxylation is 3. The second-order valence-corrected chi connectivity index (χ2v) is 6.79. The van der Waals surface area contributed by atoms with Gasteiger partial charge in [0.2, 0.25) is 0 Å². The molecule has 2 heterocycles. The Kier molecular flexibility index (Phi) is 3.51. The van der Waals surface area contributed by atoms with Crippen molar-refractivity contribution in [3.8, 4) is 21.7 Å². The van der Waals surface area contributed by atoms with Gasteiger partial charge in [0.15, 0.2) is 0 Å². The van der Waals surface area contributed by atoms with Gasteiger partial charge in [0.1, 0.15) is 11.5 Å². The molecule has 0 saturated carbocycles. The topological polar surface area (TPSA) is 43.8 Å². The van der Waals surface area contributed by atoms with Crippen LogP contribution in [0.5, 0.6) is 0 Å². The Labute approximate surface area is 133 Å². The summed E-state index contributed by atoms with van der Waals surface area (Å²) in [6.45, 7) is 4.23. The molecule has 1 aromatic carbocycles. The molecule has 2 N–H and O–H groups in total. The normalized spacial score (nSPS) is 11.0. The molecular formula is C16H16ClN3S. The van der Waals surface area contributed by atoms with Gasteiger partial charge in [-0.05, 0) is 43.2 Å². The number of thiophene rings is 1. The number of benzene rings is 1. The zero-order valence-electron chi connectivity index (χ0n) is 12.1. The van der Waals surface area contributed by atoms with Crippen molar-refractivity contribution in [3.05, 3.63) is 45.8 Å². The summed E-state index contributed by atoms with van der Waals surface area (Å²) >= 11 is 7.85. The average molecular weight is 318 g/mol. The van der Waals surface area contributed by atoms with E-state index in [1.807, 2.05) is 31.3 Å². The Morgan fingerprint density at radius 1 is 1.24 bits per heavy atom. The molecule has 0 aliphatic carbocycles. The first-order valence-corrected chi connectivity index (χ1v) is 7.82. The number of nitrogens with zero attached hydrogens (tertiary/aromatic N) is 2. The zero-order chi connectivity index (χ0) is 15.1. The summed E-state index contributed by atoms with van der Waals surface area (Å²) in [5, 5.41) is 5.29. The molecule has 3 rings (SSSR count). The highest BCUT2D eigenvalue weighted by molar-refractivity contribution is 7.15. The van der Waals surface area contributed by atoms with Gasteiger partial charge in [-0.25, -0.2) is 0 Å². The van der Waals surface area contributed by atoms with Crippen LogP contribution in [0.25, 0.3) is 21.7 Å². The fraction of sp³-hybridized carbons (Fsp3) is 0.188. The van der Waals surface area contributed by atoms with Crippen LogP contribution in [0.3, 0.4) is 0 Å². The number of hydrogen-bond acceptors (Lipinski definition) is 3. The van der Waals surface area contributed by atoms with Crippen LogP contribution < -0.4 is 5.73 Å². The minimum absolute atomic E-state index is 0.649. The van der Waals surface area contributed by atoms with Gasteiger partial charge >= 0.3 is 0 Å². The third-order valence-electron chi connectivity index (χ3n) is 3.60. The highest BCUT2D eigenvalue weighted by atomic mass is 35.5. The molecule has 0 aliphatic rings. The zero-order valence-corrected chi connectivity index (χ0v) is 13.7. The van der Waals surface area contributed by atoms with E-state index in [9.17, 15) is 0 Å².